The van der Waals surface area contributed by atoms with Gasteiger partial charge >= 0.3 is 5.97 Å². The van der Waals surface area contributed by atoms with Crippen molar-refractivity contribution in [2.24, 2.45) is 0 Å². The zero-order chi connectivity index (χ0) is 22.0. The topological polar surface area (TPSA) is 89.8 Å². The van der Waals surface area contributed by atoms with E-state index in [1.807, 2.05) is 26.0 Å². The van der Waals surface area contributed by atoms with Gasteiger partial charge in [0, 0.05) is 17.5 Å². The van der Waals surface area contributed by atoms with Gasteiger partial charge in [-0.15, -0.1) is 0 Å². The Morgan fingerprint density at radius 2 is 1.83 bits per heavy atom. The molecule has 0 unspecified atom stereocenters. The number of anilines is 1. The van der Waals surface area contributed by atoms with E-state index in [4.69, 9.17) is 4.74 Å². The van der Waals surface area contributed by atoms with E-state index in [1.165, 1.54) is 23.1 Å². The molecule has 2 aromatic rings. The van der Waals surface area contributed by atoms with Crippen LogP contribution in [0.3, 0.4) is 0 Å². The van der Waals surface area contributed by atoms with Gasteiger partial charge in [0.25, 0.3) is 11.6 Å². The van der Waals surface area contributed by atoms with Crippen LogP contribution in [-0.2, 0) is 14.3 Å². The maximum absolute atomic E-state index is 13.4. The van der Waals surface area contributed by atoms with E-state index < -0.39 is 16.8 Å². The molecule has 0 saturated heterocycles. The summed E-state index contributed by atoms with van der Waals surface area (Å²) >= 11 is 0. The lowest BCUT2D eigenvalue weighted by atomic mass is 10.0. The van der Waals surface area contributed by atoms with Crippen LogP contribution in [0.5, 0.6) is 0 Å². The molecule has 0 saturated carbocycles. The van der Waals surface area contributed by atoms with Crippen molar-refractivity contribution in [3.05, 3.63) is 86.1 Å². The van der Waals surface area contributed by atoms with Crippen molar-refractivity contribution in [2.45, 2.75) is 27.7 Å². The Balaban J connectivity index is 2.19. The number of carbonyl (C=O) groups is 2. The van der Waals surface area contributed by atoms with Crippen molar-refractivity contribution in [1.82, 2.24) is 0 Å². The fraction of sp³-hybridized carbons (Fsp3) is 0.217. The zero-order valence-corrected chi connectivity index (χ0v) is 17.3. The smallest absolute Gasteiger partial charge is 0.340 e. The van der Waals surface area contributed by atoms with Gasteiger partial charge < -0.3 is 4.74 Å². The summed E-state index contributed by atoms with van der Waals surface area (Å²) in [6.07, 6.45) is 1.39. The highest BCUT2D eigenvalue weighted by atomic mass is 16.6. The molecule has 0 aromatic heterocycles. The van der Waals surface area contributed by atoms with Crippen LogP contribution in [0.4, 0.5) is 11.4 Å². The molecular weight excluding hydrogens is 384 g/mol. The molecule has 30 heavy (non-hydrogen) atoms. The fourth-order valence-corrected chi connectivity index (χ4v) is 3.39. The molecule has 7 heteroatoms. The summed E-state index contributed by atoms with van der Waals surface area (Å²) in [5.74, 6) is -1.07. The summed E-state index contributed by atoms with van der Waals surface area (Å²) in [4.78, 5) is 38.4. The molecule has 0 atom stereocenters. The molecule has 0 bridgehead atoms. The molecule has 2 aromatic carbocycles. The number of nitro groups is 1. The number of amides is 1. The van der Waals surface area contributed by atoms with Gasteiger partial charge in [0.2, 0.25) is 0 Å². The van der Waals surface area contributed by atoms with Crippen molar-refractivity contribution in [2.75, 3.05) is 11.5 Å². The monoisotopic (exact) mass is 406 g/mol. The summed E-state index contributed by atoms with van der Waals surface area (Å²) in [6, 6.07) is 11.7. The minimum atomic E-state index is -0.639. The lowest BCUT2D eigenvalue weighted by Crippen LogP contribution is -2.24. The standard InChI is InChI=1S/C23H22N2O5/c1-5-30-23(27)21-16(4)24(18-11-10-14(2)15(3)12-18)22(26)19(21)13-17-8-6-7-9-20(17)25(28)29/h6-13H,5H2,1-4H3/b19-13-. The SMILES string of the molecule is CCOC(=O)C1=C(C)N(c2ccc(C)c(C)c2)C(=O)/C1=C\c1ccccc1[N+](=O)[O-]. The third-order valence-electron chi connectivity index (χ3n) is 5.06. The molecule has 154 valence electrons. The zero-order valence-electron chi connectivity index (χ0n) is 17.3. The van der Waals surface area contributed by atoms with E-state index in [2.05, 4.69) is 0 Å². The second-order valence-corrected chi connectivity index (χ2v) is 6.96. The largest absolute Gasteiger partial charge is 0.462 e. The number of hydrogen-bond donors (Lipinski definition) is 0. The molecule has 1 amide bonds. The molecule has 1 aliphatic rings. The number of carbonyl (C=O) groups excluding carboxylic acids is 2. The predicted molar refractivity (Wildman–Crippen MR) is 114 cm³/mol. The normalized spacial score (nSPS) is 15.1. The number of esters is 1. The summed E-state index contributed by atoms with van der Waals surface area (Å²) in [5, 5.41) is 11.4. The lowest BCUT2D eigenvalue weighted by Gasteiger charge is -2.19. The molecule has 1 aliphatic heterocycles. The lowest BCUT2D eigenvalue weighted by molar-refractivity contribution is -0.385. The van der Waals surface area contributed by atoms with E-state index in [9.17, 15) is 19.7 Å². The van der Waals surface area contributed by atoms with Crippen molar-refractivity contribution in [1.29, 1.82) is 0 Å². The van der Waals surface area contributed by atoms with Crippen molar-refractivity contribution in [3.8, 4) is 0 Å². The highest BCUT2D eigenvalue weighted by Crippen LogP contribution is 2.37. The van der Waals surface area contributed by atoms with Crippen LogP contribution >= 0.6 is 0 Å². The number of allylic oxidation sites excluding steroid dienone is 1. The number of aryl methyl sites for hydroxylation is 2. The Morgan fingerprint density at radius 3 is 2.47 bits per heavy atom. The average molecular weight is 406 g/mol. The molecule has 0 fully saturated rings. The Labute approximate surface area is 174 Å². The third kappa shape index (κ3) is 3.74. The Kier molecular flexibility index (Phi) is 5.82. The number of benzene rings is 2. The fourth-order valence-electron chi connectivity index (χ4n) is 3.39. The summed E-state index contributed by atoms with van der Waals surface area (Å²) in [5.41, 5.74) is 3.39. The Bertz CT molecular complexity index is 1110. The van der Waals surface area contributed by atoms with Crippen molar-refractivity contribution < 1.29 is 19.2 Å². The highest BCUT2D eigenvalue weighted by molar-refractivity contribution is 6.24. The van der Waals surface area contributed by atoms with Gasteiger partial charge in [-0.3, -0.25) is 19.8 Å². The maximum Gasteiger partial charge on any atom is 0.340 e. The number of para-hydroxylation sites is 1. The van der Waals surface area contributed by atoms with E-state index >= 15 is 0 Å². The third-order valence-corrected chi connectivity index (χ3v) is 5.06. The number of nitrogens with zero attached hydrogens (tertiary/aromatic N) is 2. The van der Waals surface area contributed by atoms with Crippen LogP contribution in [-0.4, -0.2) is 23.4 Å². The first kappa shape index (κ1) is 21.0. The molecule has 0 aliphatic carbocycles. The molecule has 7 nitrogen and oxygen atoms in total. The first-order valence-corrected chi connectivity index (χ1v) is 9.51. The molecular formula is C23H22N2O5. The first-order chi connectivity index (χ1) is 14.3. The molecule has 1 heterocycles. The number of rotatable bonds is 5. The van der Waals surface area contributed by atoms with Crippen molar-refractivity contribution >= 4 is 29.3 Å². The van der Waals surface area contributed by atoms with Gasteiger partial charge in [0.05, 0.1) is 28.2 Å². The number of ether oxygens (including phenoxy) is 1. The van der Waals surface area contributed by atoms with Gasteiger partial charge in [-0.1, -0.05) is 18.2 Å². The second-order valence-electron chi connectivity index (χ2n) is 6.96. The highest BCUT2D eigenvalue weighted by Gasteiger charge is 2.38. The molecule has 0 N–H and O–H groups in total. The van der Waals surface area contributed by atoms with E-state index in [-0.39, 0.29) is 29.0 Å². The quantitative estimate of drug-likeness (QED) is 0.316. The van der Waals surface area contributed by atoms with E-state index in [0.29, 0.717) is 11.4 Å². The van der Waals surface area contributed by atoms with Crippen molar-refractivity contribution in [3.63, 3.8) is 0 Å². The van der Waals surface area contributed by atoms with Crippen LogP contribution < -0.4 is 4.90 Å². The number of nitro benzene ring substituents is 1. The first-order valence-electron chi connectivity index (χ1n) is 9.51. The number of hydrogen-bond acceptors (Lipinski definition) is 5. The summed E-state index contributed by atoms with van der Waals surface area (Å²) < 4.78 is 5.17. The van der Waals surface area contributed by atoms with Crippen LogP contribution in [0.15, 0.2) is 59.3 Å². The molecule has 3 rings (SSSR count). The van der Waals surface area contributed by atoms with Crippen LogP contribution in [0.25, 0.3) is 6.08 Å². The van der Waals surface area contributed by atoms with Crippen LogP contribution in [0.1, 0.15) is 30.5 Å². The van der Waals surface area contributed by atoms with Gasteiger partial charge in [-0.05, 0) is 63.1 Å². The van der Waals surface area contributed by atoms with Gasteiger partial charge in [0.1, 0.15) is 0 Å². The Morgan fingerprint density at radius 1 is 1.13 bits per heavy atom. The average Bonchev–Trinajstić information content (AvgIpc) is 2.94. The van der Waals surface area contributed by atoms with Crippen LogP contribution in [0.2, 0.25) is 0 Å². The van der Waals surface area contributed by atoms with Gasteiger partial charge in [-0.25, -0.2) is 4.79 Å². The summed E-state index contributed by atoms with van der Waals surface area (Å²) in [7, 11) is 0. The Hall–Kier alpha value is -3.74. The minimum Gasteiger partial charge on any atom is -0.462 e. The second kappa shape index (κ2) is 8.32. The molecule has 0 spiro atoms. The minimum absolute atomic E-state index is 0.0680. The van der Waals surface area contributed by atoms with E-state index in [1.54, 1.807) is 32.0 Å². The van der Waals surface area contributed by atoms with Gasteiger partial charge in [-0.2, -0.15) is 0 Å². The maximum atomic E-state index is 13.4. The summed E-state index contributed by atoms with van der Waals surface area (Å²) in [6.45, 7) is 7.40. The van der Waals surface area contributed by atoms with Gasteiger partial charge in [0.15, 0.2) is 0 Å². The van der Waals surface area contributed by atoms with E-state index in [0.717, 1.165) is 11.1 Å². The van der Waals surface area contributed by atoms with Crippen LogP contribution in [0, 0.1) is 24.0 Å². The predicted octanol–water partition coefficient (Wildman–Crippen LogP) is 4.48. The molecule has 0 radical (unpaired) electrons.